The summed E-state index contributed by atoms with van der Waals surface area (Å²) in [6.07, 6.45) is 4.88. The van der Waals surface area contributed by atoms with E-state index in [1.165, 1.54) is 31.1 Å². The molecule has 0 spiro atoms. The smallest absolute Gasteiger partial charge is 0.109 e. The summed E-state index contributed by atoms with van der Waals surface area (Å²) >= 11 is 2.07. The normalized spacial score (nSPS) is 17.5. The fraction of sp³-hybridized carbons (Fsp3) is 0.750. The molecule has 0 aliphatic carbocycles. The lowest BCUT2D eigenvalue weighted by Gasteiger charge is -2.26. The summed E-state index contributed by atoms with van der Waals surface area (Å²) in [5, 5.41) is 3.50. The van der Waals surface area contributed by atoms with Crippen LogP contribution in [0.15, 0.2) is 12.4 Å². The highest BCUT2D eigenvalue weighted by atomic mass is 32.2. The SMILES string of the molecule is Cn1ccnc1CCNCCN1CCSCC1. The van der Waals surface area contributed by atoms with Crippen LogP contribution in [0.1, 0.15) is 5.82 Å². The summed E-state index contributed by atoms with van der Waals surface area (Å²) in [6.45, 7) is 5.81. The van der Waals surface area contributed by atoms with Crippen LogP contribution in [0.3, 0.4) is 0 Å². The zero-order valence-corrected chi connectivity index (χ0v) is 11.4. The van der Waals surface area contributed by atoms with Gasteiger partial charge in [0, 0.05) is 70.1 Å². The molecule has 1 saturated heterocycles. The van der Waals surface area contributed by atoms with Gasteiger partial charge >= 0.3 is 0 Å². The second-order valence-electron chi connectivity index (χ2n) is 4.41. The van der Waals surface area contributed by atoms with Crippen LogP contribution in [0.5, 0.6) is 0 Å². The molecule has 1 aliphatic heterocycles. The zero-order valence-electron chi connectivity index (χ0n) is 10.6. The Hall–Kier alpha value is -0.520. The lowest BCUT2D eigenvalue weighted by atomic mass is 10.4. The van der Waals surface area contributed by atoms with E-state index in [-0.39, 0.29) is 0 Å². The van der Waals surface area contributed by atoms with Gasteiger partial charge in [0.1, 0.15) is 5.82 Å². The maximum absolute atomic E-state index is 4.31. The van der Waals surface area contributed by atoms with Crippen LogP contribution in [-0.4, -0.2) is 58.7 Å². The Bertz CT molecular complexity index is 320. The Labute approximate surface area is 108 Å². The van der Waals surface area contributed by atoms with E-state index in [1.54, 1.807) is 0 Å². The second kappa shape index (κ2) is 7.03. The molecule has 2 heterocycles. The molecule has 1 fully saturated rings. The molecule has 2 rings (SSSR count). The molecule has 0 saturated carbocycles. The van der Waals surface area contributed by atoms with Crippen molar-refractivity contribution in [3.8, 4) is 0 Å². The predicted molar refractivity (Wildman–Crippen MR) is 73.5 cm³/mol. The first-order valence-corrected chi connectivity index (χ1v) is 7.49. The van der Waals surface area contributed by atoms with E-state index < -0.39 is 0 Å². The van der Waals surface area contributed by atoms with Crippen LogP contribution in [0, 0.1) is 0 Å². The molecule has 1 aromatic rings. The van der Waals surface area contributed by atoms with Crippen molar-refractivity contribution in [3.63, 3.8) is 0 Å². The van der Waals surface area contributed by atoms with E-state index in [2.05, 4.69) is 31.5 Å². The van der Waals surface area contributed by atoms with E-state index >= 15 is 0 Å². The Morgan fingerprint density at radius 3 is 2.88 bits per heavy atom. The van der Waals surface area contributed by atoms with E-state index in [4.69, 9.17) is 0 Å². The number of aryl methyl sites for hydroxylation is 1. The molecule has 0 bridgehead atoms. The number of rotatable bonds is 6. The number of aromatic nitrogens is 2. The van der Waals surface area contributed by atoms with E-state index in [9.17, 15) is 0 Å². The van der Waals surface area contributed by atoms with Crippen molar-refractivity contribution in [1.29, 1.82) is 0 Å². The average Bonchev–Trinajstić information content (AvgIpc) is 2.76. The third kappa shape index (κ3) is 4.33. The van der Waals surface area contributed by atoms with E-state index in [0.29, 0.717) is 0 Å². The van der Waals surface area contributed by atoms with Gasteiger partial charge in [-0.25, -0.2) is 4.98 Å². The van der Waals surface area contributed by atoms with Crippen LogP contribution in [0.2, 0.25) is 0 Å². The highest BCUT2D eigenvalue weighted by Gasteiger charge is 2.08. The molecule has 0 aromatic carbocycles. The Morgan fingerprint density at radius 2 is 2.18 bits per heavy atom. The van der Waals surface area contributed by atoms with Gasteiger partial charge in [-0.15, -0.1) is 0 Å². The highest BCUT2D eigenvalue weighted by Crippen LogP contribution is 2.07. The summed E-state index contributed by atoms with van der Waals surface area (Å²) in [5.74, 6) is 3.76. The van der Waals surface area contributed by atoms with Crippen LogP contribution in [-0.2, 0) is 13.5 Å². The molecule has 0 amide bonds. The predicted octanol–water partition coefficient (Wildman–Crippen LogP) is 0.601. The molecule has 1 N–H and O–H groups in total. The fourth-order valence-corrected chi connectivity index (χ4v) is 3.00. The van der Waals surface area contributed by atoms with Crippen molar-refractivity contribution in [2.75, 3.05) is 44.2 Å². The summed E-state index contributed by atoms with van der Waals surface area (Å²) < 4.78 is 2.09. The van der Waals surface area contributed by atoms with Crippen LogP contribution in [0.4, 0.5) is 0 Å². The molecule has 4 nitrogen and oxygen atoms in total. The average molecular weight is 254 g/mol. The summed E-state index contributed by atoms with van der Waals surface area (Å²) in [4.78, 5) is 6.86. The van der Waals surface area contributed by atoms with Crippen molar-refractivity contribution in [2.45, 2.75) is 6.42 Å². The van der Waals surface area contributed by atoms with Gasteiger partial charge < -0.3 is 14.8 Å². The standard InChI is InChI=1S/C12H22N4S/c1-15-6-5-14-12(15)2-3-13-4-7-16-8-10-17-11-9-16/h5-6,13H,2-4,7-11H2,1H3. The van der Waals surface area contributed by atoms with Crippen molar-refractivity contribution >= 4 is 11.8 Å². The molecular weight excluding hydrogens is 232 g/mol. The van der Waals surface area contributed by atoms with Crippen molar-refractivity contribution in [2.24, 2.45) is 7.05 Å². The minimum absolute atomic E-state index is 1.01. The number of hydrogen-bond donors (Lipinski definition) is 1. The minimum atomic E-state index is 1.01. The van der Waals surface area contributed by atoms with Crippen LogP contribution in [0.25, 0.3) is 0 Å². The van der Waals surface area contributed by atoms with Gasteiger partial charge in [-0.05, 0) is 0 Å². The Morgan fingerprint density at radius 1 is 1.35 bits per heavy atom. The quantitative estimate of drug-likeness (QED) is 0.754. The minimum Gasteiger partial charge on any atom is -0.338 e. The molecular formula is C12H22N4S. The Kier molecular flexibility index (Phi) is 5.35. The van der Waals surface area contributed by atoms with E-state index in [0.717, 1.165) is 25.3 Å². The molecule has 17 heavy (non-hydrogen) atoms. The maximum Gasteiger partial charge on any atom is 0.109 e. The number of thioether (sulfide) groups is 1. The third-order valence-electron chi connectivity index (χ3n) is 3.15. The molecule has 1 aromatic heterocycles. The van der Waals surface area contributed by atoms with Crippen molar-refractivity contribution in [3.05, 3.63) is 18.2 Å². The zero-order chi connectivity index (χ0) is 11.9. The number of hydrogen-bond acceptors (Lipinski definition) is 4. The molecule has 0 atom stereocenters. The van der Waals surface area contributed by atoms with E-state index in [1.807, 2.05) is 19.4 Å². The van der Waals surface area contributed by atoms with Crippen LogP contribution >= 0.6 is 11.8 Å². The molecule has 96 valence electrons. The first-order valence-electron chi connectivity index (χ1n) is 6.33. The van der Waals surface area contributed by atoms with Gasteiger partial charge in [-0.3, -0.25) is 0 Å². The molecule has 1 aliphatic rings. The third-order valence-corrected chi connectivity index (χ3v) is 4.10. The van der Waals surface area contributed by atoms with Gasteiger partial charge in [0.05, 0.1) is 0 Å². The summed E-state index contributed by atoms with van der Waals surface area (Å²) in [6, 6.07) is 0. The second-order valence-corrected chi connectivity index (χ2v) is 5.63. The molecule has 0 radical (unpaired) electrons. The van der Waals surface area contributed by atoms with Crippen LogP contribution < -0.4 is 5.32 Å². The first-order chi connectivity index (χ1) is 8.36. The first kappa shape index (κ1) is 12.9. The van der Waals surface area contributed by atoms with Gasteiger partial charge in [-0.1, -0.05) is 0 Å². The number of nitrogens with one attached hydrogen (secondary N) is 1. The van der Waals surface area contributed by atoms with Gasteiger partial charge in [-0.2, -0.15) is 11.8 Å². The van der Waals surface area contributed by atoms with Gasteiger partial charge in [0.2, 0.25) is 0 Å². The number of imidazole rings is 1. The topological polar surface area (TPSA) is 33.1 Å². The Balaban J connectivity index is 1.53. The lowest BCUT2D eigenvalue weighted by molar-refractivity contribution is 0.301. The van der Waals surface area contributed by atoms with Crippen molar-refractivity contribution in [1.82, 2.24) is 19.8 Å². The molecule has 5 heteroatoms. The highest BCUT2D eigenvalue weighted by molar-refractivity contribution is 7.99. The summed E-state index contributed by atoms with van der Waals surface area (Å²) in [5.41, 5.74) is 0. The largest absolute Gasteiger partial charge is 0.338 e. The van der Waals surface area contributed by atoms with Crippen molar-refractivity contribution < 1.29 is 0 Å². The fourth-order valence-electron chi connectivity index (χ4n) is 2.02. The summed E-state index contributed by atoms with van der Waals surface area (Å²) in [7, 11) is 2.05. The molecule has 0 unspecified atom stereocenters. The van der Waals surface area contributed by atoms with Gasteiger partial charge in [0.25, 0.3) is 0 Å². The monoisotopic (exact) mass is 254 g/mol. The lowest BCUT2D eigenvalue weighted by Crippen LogP contribution is -2.38. The number of nitrogens with zero attached hydrogens (tertiary/aromatic N) is 3. The van der Waals surface area contributed by atoms with Gasteiger partial charge in [0.15, 0.2) is 0 Å². The maximum atomic E-state index is 4.31.